The van der Waals surface area contributed by atoms with Gasteiger partial charge in [0, 0.05) is 7.05 Å². The van der Waals surface area contributed by atoms with Crippen molar-refractivity contribution >= 4 is 5.69 Å². The summed E-state index contributed by atoms with van der Waals surface area (Å²) in [6, 6.07) is 8.18. The van der Waals surface area contributed by atoms with Crippen molar-refractivity contribution in [3.05, 3.63) is 23.8 Å². The van der Waals surface area contributed by atoms with Gasteiger partial charge in [-0.25, -0.2) is 0 Å². The maximum atomic E-state index is 8.97. The van der Waals surface area contributed by atoms with Crippen LogP contribution in [0, 0.1) is 18.3 Å². The fraction of sp³-hybridized carbons (Fsp3) is 0.417. The molecule has 3 heteroatoms. The Morgan fingerprint density at radius 1 is 1.47 bits per heavy atom. The molecular formula is C12H14N2O. The molecule has 15 heavy (non-hydrogen) atoms. The Hall–Kier alpha value is -1.69. The number of benzene rings is 1. The van der Waals surface area contributed by atoms with E-state index in [0.29, 0.717) is 0 Å². The van der Waals surface area contributed by atoms with Crippen LogP contribution in [-0.4, -0.2) is 19.2 Å². The SMILES string of the molecule is Cc1cccc2c1N(C)C(C)C(C#N)O2. The van der Waals surface area contributed by atoms with Crippen molar-refractivity contribution in [1.29, 1.82) is 5.26 Å². The van der Waals surface area contributed by atoms with Gasteiger partial charge in [0.1, 0.15) is 11.8 Å². The van der Waals surface area contributed by atoms with Gasteiger partial charge < -0.3 is 9.64 Å². The molecule has 2 unspecified atom stereocenters. The van der Waals surface area contributed by atoms with Crippen LogP contribution in [0.15, 0.2) is 18.2 Å². The lowest BCUT2D eigenvalue weighted by Crippen LogP contribution is -2.45. The Bertz CT molecular complexity index is 422. The van der Waals surface area contributed by atoms with E-state index in [-0.39, 0.29) is 12.1 Å². The molecule has 1 aliphatic rings. The molecule has 3 nitrogen and oxygen atoms in total. The molecule has 0 saturated carbocycles. The monoisotopic (exact) mass is 202 g/mol. The van der Waals surface area contributed by atoms with Crippen molar-refractivity contribution in [3.63, 3.8) is 0 Å². The summed E-state index contributed by atoms with van der Waals surface area (Å²) in [6.07, 6.45) is -0.385. The quantitative estimate of drug-likeness (QED) is 0.646. The fourth-order valence-electron chi connectivity index (χ4n) is 1.96. The average Bonchev–Trinajstić information content (AvgIpc) is 2.23. The van der Waals surface area contributed by atoms with E-state index < -0.39 is 0 Å². The van der Waals surface area contributed by atoms with Gasteiger partial charge >= 0.3 is 0 Å². The first kappa shape index (κ1) is 9.85. The lowest BCUT2D eigenvalue weighted by Gasteiger charge is -2.37. The summed E-state index contributed by atoms with van der Waals surface area (Å²) in [6.45, 7) is 4.06. The van der Waals surface area contributed by atoms with E-state index in [0.717, 1.165) is 11.4 Å². The summed E-state index contributed by atoms with van der Waals surface area (Å²) >= 11 is 0. The molecule has 0 radical (unpaired) electrons. The number of nitrogens with zero attached hydrogens (tertiary/aromatic N) is 2. The zero-order chi connectivity index (χ0) is 11.0. The molecule has 1 aromatic rings. The summed E-state index contributed by atoms with van der Waals surface area (Å²) in [5.41, 5.74) is 2.27. The number of fused-ring (bicyclic) bond motifs is 1. The normalized spacial score (nSPS) is 24.0. The van der Waals surface area contributed by atoms with E-state index in [1.54, 1.807) is 0 Å². The van der Waals surface area contributed by atoms with Gasteiger partial charge in [-0.1, -0.05) is 12.1 Å². The summed E-state index contributed by atoms with van der Waals surface area (Å²) in [5, 5.41) is 8.97. The number of likely N-dealkylation sites (N-methyl/N-ethyl adjacent to an activating group) is 1. The second-order valence-electron chi connectivity index (χ2n) is 3.94. The molecule has 0 aromatic heterocycles. The first-order valence-corrected chi connectivity index (χ1v) is 5.04. The molecule has 0 saturated heterocycles. The molecule has 1 aliphatic heterocycles. The minimum absolute atomic E-state index is 0.0867. The molecular weight excluding hydrogens is 188 g/mol. The zero-order valence-corrected chi connectivity index (χ0v) is 9.19. The Labute approximate surface area is 89.9 Å². The van der Waals surface area contributed by atoms with Crippen molar-refractivity contribution in [2.24, 2.45) is 0 Å². The molecule has 2 rings (SSSR count). The highest BCUT2D eigenvalue weighted by Gasteiger charge is 2.31. The molecule has 0 amide bonds. The van der Waals surface area contributed by atoms with Gasteiger partial charge in [0.15, 0.2) is 0 Å². The lowest BCUT2D eigenvalue weighted by atomic mass is 10.1. The van der Waals surface area contributed by atoms with Crippen molar-refractivity contribution < 1.29 is 4.74 Å². The topological polar surface area (TPSA) is 36.3 Å². The van der Waals surface area contributed by atoms with E-state index in [2.05, 4.69) is 24.0 Å². The number of hydrogen-bond donors (Lipinski definition) is 0. The van der Waals surface area contributed by atoms with Crippen LogP contribution in [0.25, 0.3) is 0 Å². The van der Waals surface area contributed by atoms with E-state index in [9.17, 15) is 0 Å². The Kier molecular flexibility index (Phi) is 2.28. The van der Waals surface area contributed by atoms with Crippen LogP contribution in [0.1, 0.15) is 12.5 Å². The number of ether oxygens (including phenoxy) is 1. The van der Waals surface area contributed by atoms with Crippen LogP contribution in [0.2, 0.25) is 0 Å². The third-order valence-corrected chi connectivity index (χ3v) is 2.98. The fourth-order valence-corrected chi connectivity index (χ4v) is 1.96. The van der Waals surface area contributed by atoms with Gasteiger partial charge in [-0.05, 0) is 25.5 Å². The molecule has 78 valence electrons. The number of nitriles is 1. The van der Waals surface area contributed by atoms with Crippen molar-refractivity contribution in [1.82, 2.24) is 0 Å². The van der Waals surface area contributed by atoms with E-state index >= 15 is 0 Å². The van der Waals surface area contributed by atoms with Crippen LogP contribution in [-0.2, 0) is 0 Å². The van der Waals surface area contributed by atoms with E-state index in [4.69, 9.17) is 10.00 Å². The largest absolute Gasteiger partial charge is 0.471 e. The van der Waals surface area contributed by atoms with Crippen LogP contribution in [0.3, 0.4) is 0 Å². The molecule has 1 aromatic carbocycles. The summed E-state index contributed by atoms with van der Waals surface area (Å²) < 4.78 is 5.64. The minimum atomic E-state index is -0.385. The Morgan fingerprint density at radius 3 is 2.87 bits per heavy atom. The number of aryl methyl sites for hydroxylation is 1. The van der Waals surface area contributed by atoms with Gasteiger partial charge in [0.25, 0.3) is 0 Å². The highest BCUT2D eigenvalue weighted by atomic mass is 16.5. The predicted octanol–water partition coefficient (Wildman–Crippen LogP) is 2.10. The average molecular weight is 202 g/mol. The van der Waals surface area contributed by atoms with Gasteiger partial charge in [0.2, 0.25) is 6.10 Å². The molecule has 0 aliphatic carbocycles. The first-order valence-electron chi connectivity index (χ1n) is 5.04. The number of anilines is 1. The smallest absolute Gasteiger partial charge is 0.204 e. The third-order valence-electron chi connectivity index (χ3n) is 2.98. The summed E-state index contributed by atoms with van der Waals surface area (Å²) in [5.74, 6) is 0.808. The maximum Gasteiger partial charge on any atom is 0.204 e. The number of para-hydroxylation sites is 1. The number of rotatable bonds is 0. The Morgan fingerprint density at radius 2 is 2.20 bits per heavy atom. The van der Waals surface area contributed by atoms with Crippen LogP contribution in [0.5, 0.6) is 5.75 Å². The molecule has 0 bridgehead atoms. The van der Waals surface area contributed by atoms with Crippen molar-refractivity contribution in [2.45, 2.75) is 26.0 Å². The number of hydrogen-bond acceptors (Lipinski definition) is 3. The van der Waals surface area contributed by atoms with Gasteiger partial charge in [-0.15, -0.1) is 0 Å². The van der Waals surface area contributed by atoms with Gasteiger partial charge in [-0.2, -0.15) is 5.26 Å². The van der Waals surface area contributed by atoms with Crippen molar-refractivity contribution in [2.75, 3.05) is 11.9 Å². The minimum Gasteiger partial charge on any atom is -0.471 e. The lowest BCUT2D eigenvalue weighted by molar-refractivity contribution is 0.211. The van der Waals surface area contributed by atoms with Crippen LogP contribution >= 0.6 is 0 Å². The van der Waals surface area contributed by atoms with Crippen molar-refractivity contribution in [3.8, 4) is 11.8 Å². The van der Waals surface area contributed by atoms with Gasteiger partial charge in [0.05, 0.1) is 11.7 Å². The first-order chi connectivity index (χ1) is 7.15. The second-order valence-corrected chi connectivity index (χ2v) is 3.94. The molecule has 0 spiro atoms. The van der Waals surface area contributed by atoms with Crippen LogP contribution < -0.4 is 9.64 Å². The van der Waals surface area contributed by atoms with Gasteiger partial charge in [-0.3, -0.25) is 0 Å². The van der Waals surface area contributed by atoms with E-state index in [1.165, 1.54) is 5.56 Å². The highest BCUT2D eigenvalue weighted by molar-refractivity contribution is 5.65. The standard InChI is InChI=1S/C12H14N2O/c1-8-5-4-6-10-12(8)14(3)9(2)11(7-13)15-10/h4-6,9,11H,1-3H3. The summed E-state index contributed by atoms with van der Waals surface area (Å²) in [7, 11) is 2.00. The predicted molar refractivity (Wildman–Crippen MR) is 59.1 cm³/mol. The third kappa shape index (κ3) is 1.42. The molecule has 2 atom stereocenters. The molecule has 0 N–H and O–H groups in total. The molecule has 0 fully saturated rings. The maximum absolute atomic E-state index is 8.97. The highest BCUT2D eigenvalue weighted by Crippen LogP contribution is 2.37. The second kappa shape index (κ2) is 3.47. The zero-order valence-electron chi connectivity index (χ0n) is 9.19. The summed E-state index contributed by atoms with van der Waals surface area (Å²) in [4.78, 5) is 2.11. The Balaban J connectivity index is 2.51. The van der Waals surface area contributed by atoms with E-state index in [1.807, 2.05) is 26.1 Å². The molecule has 1 heterocycles. The van der Waals surface area contributed by atoms with Crippen LogP contribution in [0.4, 0.5) is 5.69 Å².